The highest BCUT2D eigenvalue weighted by Crippen LogP contribution is 2.39. The number of sulfonamides is 1. The first kappa shape index (κ1) is 17.9. The Morgan fingerprint density at radius 2 is 2.00 bits per heavy atom. The van der Waals surface area contributed by atoms with E-state index in [0.717, 1.165) is 17.0 Å². The molecule has 11 heteroatoms. The molecular weight excluding hydrogens is 386 g/mol. The summed E-state index contributed by atoms with van der Waals surface area (Å²) in [4.78, 5) is 11.5. The molecule has 0 amide bonds. The smallest absolute Gasteiger partial charge is 0.247 e. The second kappa shape index (κ2) is 6.59. The van der Waals surface area contributed by atoms with Crippen LogP contribution in [-0.4, -0.2) is 42.7 Å². The van der Waals surface area contributed by atoms with Crippen LogP contribution in [0.15, 0.2) is 28.5 Å². The maximum absolute atomic E-state index is 11.5. The molecule has 0 spiro atoms. The Morgan fingerprint density at radius 1 is 1.22 bits per heavy atom. The number of H-pyrrole nitrogens is 1. The highest BCUT2D eigenvalue weighted by molar-refractivity contribution is 7.91. The molecule has 1 saturated carbocycles. The Labute approximate surface area is 160 Å². The maximum atomic E-state index is 11.5. The topological polar surface area (TPSA) is 130 Å². The van der Waals surface area contributed by atoms with Crippen molar-refractivity contribution >= 4 is 38.8 Å². The van der Waals surface area contributed by atoms with Crippen LogP contribution in [0.25, 0.3) is 10.7 Å². The van der Waals surface area contributed by atoms with Gasteiger partial charge in [0.15, 0.2) is 11.6 Å². The van der Waals surface area contributed by atoms with Crippen LogP contribution in [0, 0.1) is 0 Å². The van der Waals surface area contributed by atoms with E-state index in [9.17, 15) is 8.42 Å². The highest BCUT2D eigenvalue weighted by Gasteiger charge is 2.25. The summed E-state index contributed by atoms with van der Waals surface area (Å²) in [5, 5.41) is 15.7. The van der Waals surface area contributed by atoms with E-state index in [2.05, 4.69) is 25.5 Å². The van der Waals surface area contributed by atoms with Gasteiger partial charge in [-0.25, -0.2) is 23.5 Å². The highest BCUT2D eigenvalue weighted by atomic mass is 32.2. The van der Waals surface area contributed by atoms with Crippen LogP contribution in [0.5, 0.6) is 0 Å². The largest absolute Gasteiger partial charge is 0.363 e. The third-order valence-corrected chi connectivity index (χ3v) is 6.64. The number of nitrogens with one attached hydrogen (secondary N) is 2. The summed E-state index contributed by atoms with van der Waals surface area (Å²) in [5.74, 6) is 2.94. The number of thiophene rings is 1. The molecule has 27 heavy (non-hydrogen) atoms. The van der Waals surface area contributed by atoms with Gasteiger partial charge in [0.05, 0.1) is 4.88 Å². The van der Waals surface area contributed by atoms with Crippen molar-refractivity contribution in [1.29, 1.82) is 0 Å². The minimum absolute atomic E-state index is 0.0761. The average molecular weight is 406 g/mol. The molecule has 0 radical (unpaired) electrons. The third-order valence-electron chi connectivity index (χ3n) is 4.12. The Hall–Kier alpha value is -2.50. The van der Waals surface area contributed by atoms with Crippen molar-refractivity contribution in [3.8, 4) is 10.7 Å². The second-order valence-corrected chi connectivity index (χ2v) is 9.47. The van der Waals surface area contributed by atoms with Gasteiger partial charge in [-0.15, -0.1) is 11.3 Å². The first-order chi connectivity index (χ1) is 12.8. The van der Waals surface area contributed by atoms with Crippen molar-refractivity contribution < 1.29 is 8.42 Å². The van der Waals surface area contributed by atoms with Crippen LogP contribution in [-0.2, 0) is 10.0 Å². The molecular formula is C16H19N7O2S2. The fourth-order valence-electron chi connectivity index (χ4n) is 2.57. The number of hydrogen-bond acceptors (Lipinski definition) is 8. The molecule has 0 saturated heterocycles. The molecule has 3 aromatic heterocycles. The van der Waals surface area contributed by atoms with E-state index >= 15 is 0 Å². The minimum atomic E-state index is -3.75. The summed E-state index contributed by atoms with van der Waals surface area (Å²) in [6.07, 6.45) is 2.38. The molecule has 1 fully saturated rings. The number of rotatable bonds is 6. The fraction of sp³-hybridized carbons (Fsp3) is 0.312. The molecule has 1 aliphatic carbocycles. The van der Waals surface area contributed by atoms with Crippen LogP contribution in [0.1, 0.15) is 24.5 Å². The van der Waals surface area contributed by atoms with Gasteiger partial charge in [-0.3, -0.25) is 5.10 Å². The molecule has 3 heterocycles. The lowest BCUT2D eigenvalue weighted by Crippen LogP contribution is -2.12. The molecule has 0 atom stereocenters. The van der Waals surface area contributed by atoms with Crippen LogP contribution < -0.4 is 15.4 Å². The van der Waals surface area contributed by atoms with Crippen LogP contribution >= 0.6 is 11.3 Å². The Kier molecular flexibility index (Phi) is 4.36. The van der Waals surface area contributed by atoms with Gasteiger partial charge >= 0.3 is 0 Å². The summed E-state index contributed by atoms with van der Waals surface area (Å²) in [7, 11) is -0.00218. The molecule has 3 aromatic rings. The van der Waals surface area contributed by atoms with Crippen LogP contribution in [0.2, 0.25) is 0 Å². The van der Waals surface area contributed by atoms with Gasteiger partial charge in [0.1, 0.15) is 15.8 Å². The van der Waals surface area contributed by atoms with Crippen molar-refractivity contribution in [1.82, 2.24) is 20.2 Å². The van der Waals surface area contributed by atoms with Gasteiger partial charge in [-0.05, 0) is 25.0 Å². The standard InChI is InChI=1S/C16H19N7O2S2/c1-23(2)14-8-12(18-13-7-10(21-22-13)9-3-4-9)19-16(20-14)11-5-6-15(26-11)27(17,24)25/h5-9H,3-4H2,1-2H3,(H2,17,24,25)(H2,18,19,20,21,22). The lowest BCUT2D eigenvalue weighted by Gasteiger charge is -2.14. The maximum Gasteiger partial charge on any atom is 0.247 e. The molecule has 9 nitrogen and oxygen atoms in total. The molecule has 0 aromatic carbocycles. The molecule has 4 rings (SSSR count). The van der Waals surface area contributed by atoms with E-state index in [1.165, 1.54) is 18.9 Å². The summed E-state index contributed by atoms with van der Waals surface area (Å²) in [5.41, 5.74) is 1.12. The first-order valence-corrected chi connectivity index (χ1v) is 10.7. The van der Waals surface area contributed by atoms with Crippen molar-refractivity contribution in [2.45, 2.75) is 23.0 Å². The number of hydrogen-bond donors (Lipinski definition) is 3. The average Bonchev–Trinajstić information content (AvgIpc) is 3.14. The quantitative estimate of drug-likeness (QED) is 0.573. The van der Waals surface area contributed by atoms with Gasteiger partial charge in [0.2, 0.25) is 10.0 Å². The zero-order chi connectivity index (χ0) is 19.2. The summed E-state index contributed by atoms with van der Waals surface area (Å²) in [6, 6.07) is 6.91. The normalized spacial score (nSPS) is 14.3. The van der Waals surface area contributed by atoms with Crippen molar-refractivity contribution in [2.24, 2.45) is 5.14 Å². The second-order valence-electron chi connectivity index (χ2n) is 6.60. The molecule has 4 N–H and O–H groups in total. The minimum Gasteiger partial charge on any atom is -0.363 e. The lowest BCUT2D eigenvalue weighted by atomic mass is 10.3. The predicted octanol–water partition coefficient (Wildman–Crippen LogP) is 2.26. The summed E-state index contributed by atoms with van der Waals surface area (Å²) in [6.45, 7) is 0. The molecule has 0 aliphatic heterocycles. The summed E-state index contributed by atoms with van der Waals surface area (Å²) < 4.78 is 23.2. The number of nitrogens with two attached hydrogens (primary N) is 1. The number of anilines is 3. The van der Waals surface area contributed by atoms with Crippen LogP contribution in [0.3, 0.4) is 0 Å². The fourth-order valence-corrected chi connectivity index (χ4v) is 4.23. The number of nitrogens with zero attached hydrogens (tertiary/aromatic N) is 4. The molecule has 0 bridgehead atoms. The Balaban J connectivity index is 1.68. The van der Waals surface area contributed by atoms with E-state index in [1.54, 1.807) is 6.07 Å². The van der Waals surface area contributed by atoms with Gasteiger partial charge in [0.25, 0.3) is 0 Å². The van der Waals surface area contributed by atoms with E-state index in [1.807, 2.05) is 31.1 Å². The first-order valence-electron chi connectivity index (χ1n) is 8.31. The van der Waals surface area contributed by atoms with E-state index in [-0.39, 0.29) is 4.21 Å². The van der Waals surface area contributed by atoms with Crippen molar-refractivity contribution in [3.05, 3.63) is 30.0 Å². The van der Waals surface area contributed by atoms with Crippen LogP contribution in [0.4, 0.5) is 17.5 Å². The van der Waals surface area contributed by atoms with Gasteiger partial charge < -0.3 is 10.2 Å². The van der Waals surface area contributed by atoms with E-state index in [4.69, 9.17) is 5.14 Å². The molecule has 142 valence electrons. The lowest BCUT2D eigenvalue weighted by molar-refractivity contribution is 0.600. The van der Waals surface area contributed by atoms with Crippen molar-refractivity contribution in [3.63, 3.8) is 0 Å². The number of aromatic nitrogens is 4. The SMILES string of the molecule is CN(C)c1cc(Nc2cc(C3CC3)[nH]n2)nc(-c2ccc(S(N)(=O)=O)s2)n1. The molecule has 0 unspecified atom stereocenters. The third kappa shape index (κ3) is 3.94. The number of aromatic amines is 1. The summed E-state index contributed by atoms with van der Waals surface area (Å²) >= 11 is 1.04. The van der Waals surface area contributed by atoms with E-state index in [0.29, 0.717) is 34.1 Å². The van der Waals surface area contributed by atoms with Gasteiger partial charge in [-0.2, -0.15) is 5.10 Å². The van der Waals surface area contributed by atoms with Gasteiger partial charge in [-0.1, -0.05) is 0 Å². The van der Waals surface area contributed by atoms with Crippen molar-refractivity contribution in [2.75, 3.05) is 24.3 Å². The Bertz CT molecular complexity index is 1080. The monoisotopic (exact) mass is 405 g/mol. The predicted molar refractivity (Wildman–Crippen MR) is 105 cm³/mol. The van der Waals surface area contributed by atoms with Gasteiger partial charge in [0, 0.05) is 37.8 Å². The Morgan fingerprint density at radius 3 is 2.63 bits per heavy atom. The zero-order valence-electron chi connectivity index (χ0n) is 14.8. The zero-order valence-corrected chi connectivity index (χ0v) is 16.4. The van der Waals surface area contributed by atoms with E-state index < -0.39 is 10.0 Å². The number of primary sulfonamides is 1. The molecule has 1 aliphatic rings.